The fourth-order valence-corrected chi connectivity index (χ4v) is 2.53. The monoisotopic (exact) mass is 299 g/mol. The highest BCUT2D eigenvalue weighted by Gasteiger charge is 2.23. The number of carbonyl (C=O) groups is 2. The number of nitrogens with one attached hydrogen (secondary N) is 1. The molecule has 0 fully saturated rings. The average molecular weight is 299 g/mol. The van der Waals surface area contributed by atoms with E-state index in [4.69, 9.17) is 9.84 Å². The molecule has 0 saturated heterocycles. The molecule has 108 valence electrons. The molecule has 1 atom stereocenters. The Morgan fingerprint density at radius 1 is 1.45 bits per heavy atom. The van der Waals surface area contributed by atoms with Crippen LogP contribution in [-0.4, -0.2) is 35.1 Å². The predicted octanol–water partition coefficient (Wildman–Crippen LogP) is 1.58. The highest BCUT2D eigenvalue weighted by atomic mass is 32.2. The number of carbonyl (C=O) groups excluding carboxylic acids is 1. The van der Waals surface area contributed by atoms with Crippen LogP contribution in [0.2, 0.25) is 0 Å². The van der Waals surface area contributed by atoms with Gasteiger partial charge in [-0.2, -0.15) is 0 Å². The van der Waals surface area contributed by atoms with E-state index in [-0.39, 0.29) is 29.3 Å². The number of halogens is 1. The van der Waals surface area contributed by atoms with Gasteiger partial charge in [0.15, 0.2) is 0 Å². The number of carboxylic acids is 1. The van der Waals surface area contributed by atoms with E-state index < -0.39 is 5.97 Å². The predicted molar refractivity (Wildman–Crippen MR) is 72.4 cm³/mol. The smallest absolute Gasteiger partial charge is 0.313 e. The molecule has 1 unspecified atom stereocenters. The second kappa shape index (κ2) is 6.60. The zero-order chi connectivity index (χ0) is 14.5. The zero-order valence-electron chi connectivity index (χ0n) is 10.6. The van der Waals surface area contributed by atoms with Gasteiger partial charge in [0.25, 0.3) is 0 Å². The minimum atomic E-state index is -0.957. The molecule has 0 radical (unpaired) electrons. The van der Waals surface area contributed by atoms with E-state index in [1.807, 2.05) is 0 Å². The number of ether oxygens (including phenoxy) is 1. The van der Waals surface area contributed by atoms with Gasteiger partial charge in [-0.15, -0.1) is 11.8 Å². The lowest BCUT2D eigenvalue weighted by Gasteiger charge is -2.26. The normalized spacial score (nSPS) is 16.9. The Kier molecular flexibility index (Phi) is 4.84. The van der Waals surface area contributed by atoms with Crippen molar-refractivity contribution in [2.75, 3.05) is 18.1 Å². The van der Waals surface area contributed by atoms with E-state index >= 15 is 0 Å². The van der Waals surface area contributed by atoms with Crippen molar-refractivity contribution < 1.29 is 23.8 Å². The quantitative estimate of drug-likeness (QED) is 0.863. The maximum absolute atomic E-state index is 13.3. The Bertz CT molecular complexity index is 523. The van der Waals surface area contributed by atoms with E-state index in [1.54, 1.807) is 6.07 Å². The zero-order valence-corrected chi connectivity index (χ0v) is 11.4. The van der Waals surface area contributed by atoms with Crippen LogP contribution in [0.1, 0.15) is 18.0 Å². The van der Waals surface area contributed by atoms with Crippen molar-refractivity contribution in [3.05, 3.63) is 29.6 Å². The SMILES string of the molecule is O=C(O)CSCC(=O)NC1CCOc2ccc(F)cc21. The molecule has 5 nitrogen and oxygen atoms in total. The summed E-state index contributed by atoms with van der Waals surface area (Å²) in [6.45, 7) is 0.450. The van der Waals surface area contributed by atoms with Crippen LogP contribution in [0.5, 0.6) is 5.75 Å². The molecule has 1 amide bonds. The summed E-state index contributed by atoms with van der Waals surface area (Å²) in [5, 5.41) is 11.3. The molecule has 0 spiro atoms. The number of aliphatic carboxylic acids is 1. The first-order valence-electron chi connectivity index (χ1n) is 6.07. The van der Waals surface area contributed by atoms with Crippen LogP contribution in [0.15, 0.2) is 18.2 Å². The number of hydrogen-bond acceptors (Lipinski definition) is 4. The third kappa shape index (κ3) is 3.86. The Morgan fingerprint density at radius 3 is 3.00 bits per heavy atom. The van der Waals surface area contributed by atoms with Gasteiger partial charge in [0.2, 0.25) is 5.91 Å². The van der Waals surface area contributed by atoms with Gasteiger partial charge in [-0.05, 0) is 18.2 Å². The molecule has 20 heavy (non-hydrogen) atoms. The average Bonchev–Trinajstić information content (AvgIpc) is 2.39. The lowest BCUT2D eigenvalue weighted by atomic mass is 10.0. The highest BCUT2D eigenvalue weighted by Crippen LogP contribution is 2.32. The number of rotatable bonds is 5. The third-order valence-electron chi connectivity index (χ3n) is 2.81. The molecule has 1 aromatic carbocycles. The molecule has 1 heterocycles. The standard InChI is InChI=1S/C13H14FNO4S/c14-8-1-2-11-9(5-8)10(3-4-19-11)15-12(16)6-20-7-13(17)18/h1-2,5,10H,3-4,6-7H2,(H,15,16)(H,17,18). The van der Waals surface area contributed by atoms with E-state index in [1.165, 1.54) is 12.1 Å². The largest absolute Gasteiger partial charge is 0.493 e. The molecule has 0 bridgehead atoms. The fourth-order valence-electron chi connectivity index (χ4n) is 1.98. The molecule has 1 aliphatic heterocycles. The van der Waals surface area contributed by atoms with Gasteiger partial charge in [-0.3, -0.25) is 9.59 Å². The van der Waals surface area contributed by atoms with Gasteiger partial charge in [-0.1, -0.05) is 0 Å². The Hall–Kier alpha value is -1.76. The van der Waals surface area contributed by atoms with Crippen LogP contribution >= 0.6 is 11.8 Å². The number of carboxylic acid groups (broad SMARTS) is 1. The van der Waals surface area contributed by atoms with Crippen LogP contribution in [0, 0.1) is 5.82 Å². The second-order valence-electron chi connectivity index (χ2n) is 4.33. The summed E-state index contributed by atoms with van der Waals surface area (Å²) in [6.07, 6.45) is 0.561. The van der Waals surface area contributed by atoms with Crippen molar-refractivity contribution in [3.63, 3.8) is 0 Å². The number of amides is 1. The van der Waals surface area contributed by atoms with E-state index in [2.05, 4.69) is 5.32 Å². The Balaban J connectivity index is 1.96. The summed E-state index contributed by atoms with van der Waals surface area (Å²) in [7, 11) is 0. The first kappa shape index (κ1) is 14.6. The summed E-state index contributed by atoms with van der Waals surface area (Å²) >= 11 is 1.03. The van der Waals surface area contributed by atoms with Crippen LogP contribution in [0.25, 0.3) is 0 Å². The fraction of sp³-hybridized carbons (Fsp3) is 0.385. The van der Waals surface area contributed by atoms with Gasteiger partial charge >= 0.3 is 5.97 Å². The van der Waals surface area contributed by atoms with Gasteiger partial charge in [0.1, 0.15) is 11.6 Å². The van der Waals surface area contributed by atoms with Crippen molar-refractivity contribution >= 4 is 23.6 Å². The molecule has 0 aromatic heterocycles. The number of benzene rings is 1. The van der Waals surface area contributed by atoms with Crippen LogP contribution in [-0.2, 0) is 9.59 Å². The number of fused-ring (bicyclic) bond motifs is 1. The molecular formula is C13H14FNO4S. The van der Waals surface area contributed by atoms with Crippen molar-refractivity contribution in [2.24, 2.45) is 0 Å². The first-order valence-corrected chi connectivity index (χ1v) is 7.23. The Morgan fingerprint density at radius 2 is 2.25 bits per heavy atom. The second-order valence-corrected chi connectivity index (χ2v) is 5.31. The van der Waals surface area contributed by atoms with Crippen molar-refractivity contribution in [1.82, 2.24) is 5.32 Å². The van der Waals surface area contributed by atoms with E-state index in [9.17, 15) is 14.0 Å². The number of thioether (sulfide) groups is 1. The molecule has 7 heteroatoms. The Labute approximate surface area is 119 Å². The van der Waals surface area contributed by atoms with Gasteiger partial charge in [-0.25, -0.2) is 4.39 Å². The molecular weight excluding hydrogens is 285 g/mol. The molecule has 2 rings (SSSR count). The van der Waals surface area contributed by atoms with Crippen molar-refractivity contribution in [2.45, 2.75) is 12.5 Å². The molecule has 1 aliphatic rings. The number of hydrogen-bond donors (Lipinski definition) is 2. The topological polar surface area (TPSA) is 75.6 Å². The summed E-state index contributed by atoms with van der Waals surface area (Å²) < 4.78 is 18.7. The van der Waals surface area contributed by atoms with Gasteiger partial charge < -0.3 is 15.2 Å². The van der Waals surface area contributed by atoms with Gasteiger partial charge in [0.05, 0.1) is 24.2 Å². The maximum Gasteiger partial charge on any atom is 0.313 e. The van der Waals surface area contributed by atoms with Crippen molar-refractivity contribution in [3.8, 4) is 5.75 Å². The van der Waals surface area contributed by atoms with Crippen LogP contribution in [0.4, 0.5) is 4.39 Å². The lowest BCUT2D eigenvalue weighted by molar-refractivity contribution is -0.133. The summed E-state index contributed by atoms with van der Waals surface area (Å²) in [4.78, 5) is 22.1. The summed E-state index contributed by atoms with van der Waals surface area (Å²) in [5.41, 5.74) is 0.618. The molecule has 2 N–H and O–H groups in total. The molecule has 0 aliphatic carbocycles. The molecule has 1 aromatic rings. The van der Waals surface area contributed by atoms with E-state index in [0.717, 1.165) is 11.8 Å². The minimum Gasteiger partial charge on any atom is -0.493 e. The lowest BCUT2D eigenvalue weighted by Crippen LogP contribution is -2.33. The third-order valence-corrected chi connectivity index (χ3v) is 3.72. The summed E-state index contributed by atoms with van der Waals surface area (Å²) in [5.74, 6) is -1.09. The van der Waals surface area contributed by atoms with Crippen LogP contribution in [0.3, 0.4) is 0 Å². The van der Waals surface area contributed by atoms with Crippen molar-refractivity contribution in [1.29, 1.82) is 0 Å². The van der Waals surface area contributed by atoms with Crippen LogP contribution < -0.4 is 10.1 Å². The highest BCUT2D eigenvalue weighted by molar-refractivity contribution is 8.00. The summed E-state index contributed by atoms with van der Waals surface area (Å²) in [6, 6.07) is 3.91. The molecule has 0 saturated carbocycles. The maximum atomic E-state index is 13.3. The van der Waals surface area contributed by atoms with E-state index in [0.29, 0.717) is 24.3 Å². The minimum absolute atomic E-state index is 0.0638. The van der Waals surface area contributed by atoms with Gasteiger partial charge in [0, 0.05) is 12.0 Å². The first-order chi connectivity index (χ1) is 9.56.